The zero-order valence-electron chi connectivity index (χ0n) is 15.3. The molecule has 0 bridgehead atoms. The maximum Gasteiger partial charge on any atom is 0.226 e. The Labute approximate surface area is 168 Å². The fourth-order valence-corrected chi connectivity index (χ4v) is 3.32. The molecule has 3 aromatic rings. The van der Waals surface area contributed by atoms with E-state index in [1.807, 2.05) is 0 Å². The quantitative estimate of drug-likeness (QED) is 0.605. The zero-order chi connectivity index (χ0) is 21.0. The van der Waals surface area contributed by atoms with Crippen LogP contribution < -0.4 is 10.6 Å². The summed E-state index contributed by atoms with van der Waals surface area (Å²) in [5.74, 6) is -3.11. The molecule has 1 heterocycles. The number of rotatable bonds is 6. The van der Waals surface area contributed by atoms with Crippen LogP contribution in [0.2, 0.25) is 0 Å². The normalized spacial score (nSPS) is 10.6. The van der Waals surface area contributed by atoms with Gasteiger partial charge in [0.05, 0.1) is 5.69 Å². The van der Waals surface area contributed by atoms with Gasteiger partial charge in [0.15, 0.2) is 16.8 Å². The van der Waals surface area contributed by atoms with Crippen LogP contribution >= 0.6 is 11.3 Å². The van der Waals surface area contributed by atoms with Crippen LogP contribution in [-0.2, 0) is 16.0 Å². The van der Waals surface area contributed by atoms with Gasteiger partial charge in [-0.25, -0.2) is 18.2 Å². The third kappa shape index (κ3) is 5.41. The smallest absolute Gasteiger partial charge is 0.226 e. The van der Waals surface area contributed by atoms with Crippen molar-refractivity contribution in [3.05, 3.63) is 64.8 Å². The van der Waals surface area contributed by atoms with E-state index in [1.54, 1.807) is 11.4 Å². The molecule has 3 rings (SSSR count). The molecule has 150 valence electrons. The van der Waals surface area contributed by atoms with E-state index in [-0.39, 0.29) is 30.2 Å². The SMILES string of the molecule is CC(=O)Nc1ccc(-c2csc(NC(=O)CCc3ccc(F)c(F)c3)n2)c(F)c1. The summed E-state index contributed by atoms with van der Waals surface area (Å²) in [6.07, 6.45) is 0.292. The Bertz CT molecular complexity index is 1070. The second-order valence-corrected chi connectivity index (χ2v) is 7.07. The number of hydrogen-bond acceptors (Lipinski definition) is 4. The van der Waals surface area contributed by atoms with Crippen LogP contribution in [0.4, 0.5) is 24.0 Å². The zero-order valence-corrected chi connectivity index (χ0v) is 16.1. The predicted molar refractivity (Wildman–Crippen MR) is 105 cm³/mol. The average molecular weight is 419 g/mol. The van der Waals surface area contributed by atoms with E-state index in [0.717, 1.165) is 23.5 Å². The summed E-state index contributed by atoms with van der Waals surface area (Å²) in [5.41, 5.74) is 1.41. The fraction of sp³-hybridized carbons (Fsp3) is 0.150. The van der Waals surface area contributed by atoms with E-state index in [0.29, 0.717) is 22.1 Å². The first-order valence-corrected chi connectivity index (χ1v) is 9.46. The van der Waals surface area contributed by atoms with Gasteiger partial charge in [-0.05, 0) is 42.3 Å². The van der Waals surface area contributed by atoms with Crippen molar-refractivity contribution in [2.45, 2.75) is 19.8 Å². The maximum absolute atomic E-state index is 14.3. The number of thiazole rings is 1. The number of aryl methyl sites for hydroxylation is 1. The van der Waals surface area contributed by atoms with Crippen molar-refractivity contribution in [1.82, 2.24) is 4.98 Å². The molecule has 29 heavy (non-hydrogen) atoms. The molecule has 1 aromatic heterocycles. The summed E-state index contributed by atoms with van der Waals surface area (Å²) >= 11 is 1.13. The molecule has 2 N–H and O–H groups in total. The van der Waals surface area contributed by atoms with Gasteiger partial charge in [-0.1, -0.05) is 6.07 Å². The standard InChI is InChI=1S/C20H16F3N3O2S/c1-11(27)24-13-4-5-14(16(22)9-13)18-10-29-20(25-18)26-19(28)7-3-12-2-6-15(21)17(23)8-12/h2,4-6,8-10H,3,7H2,1H3,(H,24,27)(H,25,26,28). The average Bonchev–Trinajstić information content (AvgIpc) is 3.10. The van der Waals surface area contributed by atoms with Crippen molar-refractivity contribution < 1.29 is 22.8 Å². The molecule has 0 radical (unpaired) electrons. The third-order valence-corrected chi connectivity index (χ3v) is 4.70. The van der Waals surface area contributed by atoms with Crippen LogP contribution in [-0.4, -0.2) is 16.8 Å². The van der Waals surface area contributed by atoms with Crippen molar-refractivity contribution in [2.24, 2.45) is 0 Å². The lowest BCUT2D eigenvalue weighted by Crippen LogP contribution is -2.12. The largest absolute Gasteiger partial charge is 0.326 e. The van der Waals surface area contributed by atoms with Crippen LogP contribution in [0.1, 0.15) is 18.9 Å². The number of nitrogens with one attached hydrogen (secondary N) is 2. The molecule has 0 spiro atoms. The lowest BCUT2D eigenvalue weighted by atomic mass is 10.1. The summed E-state index contributed by atoms with van der Waals surface area (Å²) in [6, 6.07) is 7.72. The number of hydrogen-bond donors (Lipinski definition) is 2. The van der Waals surface area contributed by atoms with Crippen LogP contribution in [0.15, 0.2) is 41.8 Å². The van der Waals surface area contributed by atoms with Gasteiger partial charge in [0, 0.05) is 30.0 Å². The number of nitrogens with zero attached hydrogens (tertiary/aromatic N) is 1. The minimum atomic E-state index is -0.959. The highest BCUT2D eigenvalue weighted by atomic mass is 32.1. The minimum absolute atomic E-state index is 0.0553. The Morgan fingerprint density at radius 2 is 1.79 bits per heavy atom. The molecule has 2 aromatic carbocycles. The Balaban J connectivity index is 1.61. The molecule has 9 heteroatoms. The number of anilines is 2. The number of benzene rings is 2. The second kappa shape index (κ2) is 8.87. The number of carbonyl (C=O) groups is 2. The molecule has 0 unspecified atom stereocenters. The van der Waals surface area contributed by atoms with E-state index in [9.17, 15) is 22.8 Å². The van der Waals surface area contributed by atoms with Crippen molar-refractivity contribution in [3.63, 3.8) is 0 Å². The van der Waals surface area contributed by atoms with E-state index >= 15 is 0 Å². The monoisotopic (exact) mass is 419 g/mol. The van der Waals surface area contributed by atoms with Gasteiger partial charge < -0.3 is 10.6 Å². The predicted octanol–water partition coefficient (Wildman–Crippen LogP) is 4.76. The molecule has 2 amide bonds. The highest BCUT2D eigenvalue weighted by Crippen LogP contribution is 2.28. The highest BCUT2D eigenvalue weighted by Gasteiger charge is 2.13. The lowest BCUT2D eigenvalue weighted by molar-refractivity contribution is -0.116. The first-order valence-electron chi connectivity index (χ1n) is 8.58. The molecule has 0 aliphatic heterocycles. The molecular formula is C20H16F3N3O2S. The van der Waals surface area contributed by atoms with E-state index in [4.69, 9.17) is 0 Å². The van der Waals surface area contributed by atoms with Crippen molar-refractivity contribution in [1.29, 1.82) is 0 Å². The van der Waals surface area contributed by atoms with Crippen LogP contribution in [0.5, 0.6) is 0 Å². The van der Waals surface area contributed by atoms with Gasteiger partial charge in [0.2, 0.25) is 11.8 Å². The highest BCUT2D eigenvalue weighted by molar-refractivity contribution is 7.14. The third-order valence-electron chi connectivity index (χ3n) is 3.94. The maximum atomic E-state index is 14.3. The van der Waals surface area contributed by atoms with Gasteiger partial charge in [-0.3, -0.25) is 9.59 Å². The summed E-state index contributed by atoms with van der Waals surface area (Å²) in [7, 11) is 0. The minimum Gasteiger partial charge on any atom is -0.326 e. The molecule has 0 aliphatic carbocycles. The van der Waals surface area contributed by atoms with E-state index < -0.39 is 17.5 Å². The molecule has 0 aliphatic rings. The summed E-state index contributed by atoms with van der Waals surface area (Å²) < 4.78 is 40.4. The van der Waals surface area contributed by atoms with Crippen LogP contribution in [0, 0.1) is 17.5 Å². The van der Waals surface area contributed by atoms with Gasteiger partial charge >= 0.3 is 0 Å². The van der Waals surface area contributed by atoms with Gasteiger partial charge in [0.25, 0.3) is 0 Å². The van der Waals surface area contributed by atoms with Gasteiger partial charge in [-0.15, -0.1) is 11.3 Å². The van der Waals surface area contributed by atoms with Gasteiger partial charge in [0.1, 0.15) is 5.82 Å². The summed E-state index contributed by atoms with van der Waals surface area (Å²) in [4.78, 5) is 27.3. The Kier molecular flexibility index (Phi) is 6.28. The number of amides is 2. The Morgan fingerprint density at radius 3 is 2.48 bits per heavy atom. The van der Waals surface area contributed by atoms with Crippen molar-refractivity contribution in [3.8, 4) is 11.3 Å². The molecule has 0 saturated carbocycles. The van der Waals surface area contributed by atoms with Crippen molar-refractivity contribution >= 4 is 34.0 Å². The Morgan fingerprint density at radius 1 is 1.00 bits per heavy atom. The number of carbonyl (C=O) groups excluding carboxylic acids is 2. The van der Waals surface area contributed by atoms with E-state index in [2.05, 4.69) is 15.6 Å². The molecule has 0 atom stereocenters. The van der Waals surface area contributed by atoms with Gasteiger partial charge in [-0.2, -0.15) is 0 Å². The molecular weight excluding hydrogens is 403 g/mol. The topological polar surface area (TPSA) is 71.1 Å². The first kappa shape index (κ1) is 20.5. The molecule has 0 fully saturated rings. The van der Waals surface area contributed by atoms with Crippen LogP contribution in [0.25, 0.3) is 11.3 Å². The van der Waals surface area contributed by atoms with Crippen molar-refractivity contribution in [2.75, 3.05) is 10.6 Å². The summed E-state index contributed by atoms with van der Waals surface area (Å²) in [5, 5.41) is 6.99. The van der Waals surface area contributed by atoms with E-state index in [1.165, 1.54) is 25.1 Å². The molecule has 5 nitrogen and oxygen atoms in total. The first-order chi connectivity index (χ1) is 13.8. The number of aromatic nitrogens is 1. The second-order valence-electron chi connectivity index (χ2n) is 6.21. The summed E-state index contributed by atoms with van der Waals surface area (Å²) in [6.45, 7) is 1.33. The fourth-order valence-electron chi connectivity index (χ4n) is 2.59. The molecule has 0 saturated heterocycles. The Hall–Kier alpha value is -3.20. The van der Waals surface area contributed by atoms with Crippen LogP contribution in [0.3, 0.4) is 0 Å². The number of halogens is 3. The lowest BCUT2D eigenvalue weighted by Gasteiger charge is -2.05.